The first kappa shape index (κ1) is 16.7. The highest BCUT2D eigenvalue weighted by molar-refractivity contribution is 6.04. The second kappa shape index (κ2) is 6.75. The summed E-state index contributed by atoms with van der Waals surface area (Å²) < 4.78 is 1.54. The van der Waals surface area contributed by atoms with E-state index in [-0.39, 0.29) is 17.9 Å². The van der Waals surface area contributed by atoms with E-state index in [9.17, 15) is 9.59 Å². The minimum atomic E-state index is -0.536. The maximum Gasteiger partial charge on any atom is 0.256 e. The fourth-order valence-electron chi connectivity index (χ4n) is 2.72. The van der Waals surface area contributed by atoms with Gasteiger partial charge in [0.15, 0.2) is 6.29 Å². The van der Waals surface area contributed by atoms with Gasteiger partial charge in [0.25, 0.3) is 5.91 Å². The van der Waals surface area contributed by atoms with E-state index in [4.69, 9.17) is 5.26 Å². The Kier molecular flexibility index (Phi) is 4.50. The van der Waals surface area contributed by atoms with Gasteiger partial charge in [-0.05, 0) is 32.0 Å². The predicted octanol–water partition coefficient (Wildman–Crippen LogP) is 1.27. The first-order chi connectivity index (χ1) is 12.0. The number of anilines is 1. The van der Waals surface area contributed by atoms with E-state index in [1.54, 1.807) is 31.2 Å². The van der Waals surface area contributed by atoms with Gasteiger partial charge >= 0.3 is 0 Å². The molecule has 2 amide bonds. The van der Waals surface area contributed by atoms with Crippen molar-refractivity contribution in [2.75, 3.05) is 5.32 Å². The molecule has 1 aromatic heterocycles. The van der Waals surface area contributed by atoms with Crippen LogP contribution in [-0.2, 0) is 4.79 Å². The molecule has 128 valence electrons. The number of rotatable bonds is 3. The monoisotopic (exact) mass is 338 g/mol. The average Bonchev–Trinajstić information content (AvgIpc) is 2.94. The summed E-state index contributed by atoms with van der Waals surface area (Å²) in [5, 5.41) is 22.1. The van der Waals surface area contributed by atoms with Gasteiger partial charge in [-0.15, -0.1) is 0 Å². The van der Waals surface area contributed by atoms with Gasteiger partial charge in [0, 0.05) is 24.1 Å². The van der Waals surface area contributed by atoms with Crippen LogP contribution < -0.4 is 16.0 Å². The summed E-state index contributed by atoms with van der Waals surface area (Å²) in [6.45, 7) is 3.71. The molecule has 0 bridgehead atoms. The van der Waals surface area contributed by atoms with Crippen molar-refractivity contribution in [2.24, 2.45) is 0 Å². The second-order valence-electron chi connectivity index (χ2n) is 6.00. The SMILES string of the molecule is Cc1cc(NC(=O)c2cccc(C#N)c2)n(C2NC(=O)CC(C)N2)n1. The Morgan fingerprint density at radius 3 is 2.96 bits per heavy atom. The fourth-order valence-corrected chi connectivity index (χ4v) is 2.72. The molecule has 0 saturated carbocycles. The van der Waals surface area contributed by atoms with E-state index in [0.717, 1.165) is 0 Å². The molecule has 3 rings (SSSR count). The Morgan fingerprint density at radius 1 is 1.44 bits per heavy atom. The standard InChI is InChI=1S/C17H18N6O2/c1-10-7-15(24)21-17(19-10)23-14(6-11(2)22-23)20-16(25)13-5-3-4-12(8-13)9-18/h3-6,8,10,17,19H,7H2,1-2H3,(H,20,25)(H,21,24). The molecule has 2 aromatic rings. The lowest BCUT2D eigenvalue weighted by atomic mass is 10.1. The van der Waals surface area contributed by atoms with Crippen LogP contribution in [0.25, 0.3) is 0 Å². The number of hydrogen-bond donors (Lipinski definition) is 3. The van der Waals surface area contributed by atoms with Gasteiger partial charge in [-0.3, -0.25) is 14.9 Å². The summed E-state index contributed by atoms with van der Waals surface area (Å²) in [6.07, 6.45) is -0.148. The minimum Gasteiger partial charge on any atom is -0.322 e. The fraction of sp³-hybridized carbons (Fsp3) is 0.294. The van der Waals surface area contributed by atoms with Crippen LogP contribution >= 0.6 is 0 Å². The molecule has 2 heterocycles. The third-order valence-electron chi connectivity index (χ3n) is 3.83. The number of nitrogens with zero attached hydrogens (tertiary/aromatic N) is 3. The lowest BCUT2D eigenvalue weighted by Gasteiger charge is -2.30. The Bertz CT molecular complexity index is 866. The van der Waals surface area contributed by atoms with Crippen molar-refractivity contribution in [2.45, 2.75) is 32.6 Å². The predicted molar refractivity (Wildman–Crippen MR) is 90.5 cm³/mol. The molecule has 1 aliphatic rings. The molecular formula is C17H18N6O2. The summed E-state index contributed by atoms with van der Waals surface area (Å²) in [7, 11) is 0. The zero-order valence-electron chi connectivity index (χ0n) is 13.9. The first-order valence-electron chi connectivity index (χ1n) is 7.89. The van der Waals surface area contributed by atoms with Crippen molar-refractivity contribution in [3.8, 4) is 6.07 Å². The lowest BCUT2D eigenvalue weighted by Crippen LogP contribution is -2.52. The number of carbonyl (C=O) groups is 2. The number of nitrogens with one attached hydrogen (secondary N) is 3. The van der Waals surface area contributed by atoms with Crippen LogP contribution in [0.1, 0.15) is 41.2 Å². The minimum absolute atomic E-state index is 0.000817. The molecule has 1 aromatic carbocycles. The van der Waals surface area contributed by atoms with Crippen molar-refractivity contribution < 1.29 is 9.59 Å². The van der Waals surface area contributed by atoms with Crippen LogP contribution in [0.2, 0.25) is 0 Å². The Hall–Kier alpha value is -3.18. The molecule has 2 atom stereocenters. The molecule has 1 fully saturated rings. The maximum atomic E-state index is 12.5. The Balaban J connectivity index is 1.84. The Labute approximate surface area is 144 Å². The second-order valence-corrected chi connectivity index (χ2v) is 6.00. The molecule has 0 spiro atoms. The zero-order chi connectivity index (χ0) is 18.0. The third-order valence-corrected chi connectivity index (χ3v) is 3.83. The van der Waals surface area contributed by atoms with E-state index in [2.05, 4.69) is 21.0 Å². The van der Waals surface area contributed by atoms with E-state index in [1.807, 2.05) is 13.0 Å². The van der Waals surface area contributed by atoms with Gasteiger partial charge in [0.05, 0.1) is 17.3 Å². The molecule has 8 heteroatoms. The summed E-state index contributed by atoms with van der Waals surface area (Å²) in [6, 6.07) is 10.2. The highest BCUT2D eigenvalue weighted by Gasteiger charge is 2.26. The number of hydrogen-bond acceptors (Lipinski definition) is 5. The molecule has 1 aliphatic heterocycles. The topological polar surface area (TPSA) is 112 Å². The summed E-state index contributed by atoms with van der Waals surface area (Å²) in [4.78, 5) is 24.3. The summed E-state index contributed by atoms with van der Waals surface area (Å²) in [5.41, 5.74) is 1.49. The molecule has 0 radical (unpaired) electrons. The number of benzene rings is 1. The van der Waals surface area contributed by atoms with E-state index >= 15 is 0 Å². The number of amides is 2. The molecule has 3 N–H and O–H groups in total. The smallest absolute Gasteiger partial charge is 0.256 e. The number of carbonyl (C=O) groups excluding carboxylic acids is 2. The van der Waals surface area contributed by atoms with Crippen LogP contribution in [0.3, 0.4) is 0 Å². The largest absolute Gasteiger partial charge is 0.322 e. The normalized spacial score (nSPS) is 19.8. The number of nitriles is 1. The number of aromatic nitrogens is 2. The van der Waals surface area contributed by atoms with Crippen LogP contribution in [0.5, 0.6) is 0 Å². The van der Waals surface area contributed by atoms with Crippen molar-refractivity contribution in [1.82, 2.24) is 20.4 Å². The quantitative estimate of drug-likeness (QED) is 0.780. The van der Waals surface area contributed by atoms with Crippen LogP contribution in [-0.4, -0.2) is 27.6 Å². The summed E-state index contributed by atoms with van der Waals surface area (Å²) >= 11 is 0. The van der Waals surface area contributed by atoms with Gasteiger partial charge in [-0.2, -0.15) is 10.4 Å². The van der Waals surface area contributed by atoms with Gasteiger partial charge in [0.1, 0.15) is 5.82 Å². The van der Waals surface area contributed by atoms with Crippen molar-refractivity contribution in [3.05, 3.63) is 47.2 Å². The summed E-state index contributed by atoms with van der Waals surface area (Å²) in [5.74, 6) is 0.0218. The van der Waals surface area contributed by atoms with Gasteiger partial charge < -0.3 is 10.6 Å². The van der Waals surface area contributed by atoms with Crippen LogP contribution in [0.15, 0.2) is 30.3 Å². The van der Waals surface area contributed by atoms with E-state index < -0.39 is 6.29 Å². The van der Waals surface area contributed by atoms with Gasteiger partial charge in [0.2, 0.25) is 5.91 Å². The molecule has 1 saturated heterocycles. The lowest BCUT2D eigenvalue weighted by molar-refractivity contribution is -0.125. The molecule has 2 unspecified atom stereocenters. The highest BCUT2D eigenvalue weighted by Crippen LogP contribution is 2.18. The number of aryl methyl sites for hydroxylation is 1. The van der Waals surface area contributed by atoms with Gasteiger partial charge in [-0.1, -0.05) is 6.07 Å². The van der Waals surface area contributed by atoms with E-state index in [0.29, 0.717) is 29.1 Å². The molecule has 8 nitrogen and oxygen atoms in total. The Morgan fingerprint density at radius 2 is 2.24 bits per heavy atom. The molecule has 25 heavy (non-hydrogen) atoms. The van der Waals surface area contributed by atoms with Crippen LogP contribution in [0, 0.1) is 18.3 Å². The van der Waals surface area contributed by atoms with E-state index in [1.165, 1.54) is 10.7 Å². The highest BCUT2D eigenvalue weighted by atomic mass is 16.2. The third kappa shape index (κ3) is 3.67. The van der Waals surface area contributed by atoms with Crippen molar-refractivity contribution in [1.29, 1.82) is 5.26 Å². The molecule has 0 aliphatic carbocycles. The van der Waals surface area contributed by atoms with Gasteiger partial charge in [-0.25, -0.2) is 4.68 Å². The zero-order valence-corrected chi connectivity index (χ0v) is 13.9. The maximum absolute atomic E-state index is 12.5. The first-order valence-corrected chi connectivity index (χ1v) is 7.89. The van der Waals surface area contributed by atoms with Crippen LogP contribution in [0.4, 0.5) is 5.82 Å². The molecular weight excluding hydrogens is 320 g/mol. The van der Waals surface area contributed by atoms with Crippen molar-refractivity contribution >= 4 is 17.6 Å². The average molecular weight is 338 g/mol. The van der Waals surface area contributed by atoms with Crippen molar-refractivity contribution in [3.63, 3.8) is 0 Å².